The highest BCUT2D eigenvalue weighted by Gasteiger charge is 2.35. The molecule has 0 spiro atoms. The van der Waals surface area contributed by atoms with Crippen LogP contribution in [0.25, 0.3) is 67.0 Å². The van der Waals surface area contributed by atoms with Crippen molar-refractivity contribution >= 4 is 50.7 Å². The molecule has 0 fully saturated rings. The maximum atomic E-state index is 8.97. The molecule has 266 valence electrons. The molecule has 9 aromatic rings. The molecule has 9 aromatic carbocycles. The average Bonchev–Trinajstić information content (AvgIpc) is 3.51. The zero-order valence-corrected chi connectivity index (χ0v) is 31.5. The second kappa shape index (κ2) is 13.7. The number of benzene rings is 9. The van der Waals surface area contributed by atoms with E-state index in [1.807, 2.05) is 36.4 Å². The normalized spacial score (nSPS) is 13.8. The Hall–Kier alpha value is -6.96. The van der Waals surface area contributed by atoms with E-state index in [1.54, 1.807) is 0 Å². The molecule has 1 nitrogen and oxygen atoms in total. The number of rotatable bonds is 7. The Labute approximate surface area is 332 Å². The number of hydrogen-bond acceptors (Lipinski definition) is 1. The van der Waals surface area contributed by atoms with E-state index in [1.165, 1.54) is 43.8 Å². The molecule has 0 aliphatic heterocycles. The first-order chi connectivity index (χ1) is 28.3. The SMILES string of the molecule is [2H]/C(=C(/[2H])c1ccc(-c2ccc3c(c2)C(C)(C)c2ccccc2-3)cc1)c1ccc(-c2ccc(N(c3ccc4ccccc4c3)c3ccc4ccccc4c3)cc2)cc1. The fourth-order valence-electron chi connectivity index (χ4n) is 8.40. The Balaban J connectivity index is 0.900. The van der Waals surface area contributed by atoms with Crippen molar-refractivity contribution in [3.05, 3.63) is 222 Å². The lowest BCUT2D eigenvalue weighted by atomic mass is 9.81. The number of nitrogens with zero attached hydrogens (tertiary/aromatic N) is 1. The van der Waals surface area contributed by atoms with E-state index in [0.717, 1.165) is 44.9 Å². The molecule has 0 saturated carbocycles. The van der Waals surface area contributed by atoms with Crippen molar-refractivity contribution in [2.45, 2.75) is 19.3 Å². The van der Waals surface area contributed by atoms with Gasteiger partial charge in [0, 0.05) is 22.5 Å². The van der Waals surface area contributed by atoms with Gasteiger partial charge in [0.2, 0.25) is 0 Å². The number of hydrogen-bond donors (Lipinski definition) is 0. The number of fused-ring (bicyclic) bond motifs is 5. The first kappa shape index (κ1) is 31.4. The number of anilines is 3. The van der Waals surface area contributed by atoms with Gasteiger partial charge in [-0.2, -0.15) is 0 Å². The maximum absolute atomic E-state index is 8.97. The van der Waals surface area contributed by atoms with Crippen molar-refractivity contribution in [3.63, 3.8) is 0 Å². The van der Waals surface area contributed by atoms with Gasteiger partial charge in [0.25, 0.3) is 0 Å². The summed E-state index contributed by atoms with van der Waals surface area (Å²) in [5.41, 5.74) is 14.4. The minimum Gasteiger partial charge on any atom is -0.310 e. The fourth-order valence-corrected chi connectivity index (χ4v) is 8.40. The molecular weight excluding hydrogens is 675 g/mol. The Morgan fingerprint density at radius 3 is 1.38 bits per heavy atom. The standard InChI is InChI=1S/C55H41N/c1-55(2)53-14-8-7-13-51(53)52-34-29-47(37-54(52)55)44-23-19-39(20-24-44)16-15-38-17-21-42(22-18-38)43-25-30-48(31-26-43)56(49-32-27-40-9-3-5-11-45(40)35-49)50-33-28-41-10-4-6-12-46(41)36-50/h3-37H,1-2H3/b16-15+/i15D,16D. The van der Waals surface area contributed by atoms with Crippen molar-refractivity contribution in [3.8, 4) is 33.4 Å². The summed E-state index contributed by atoms with van der Waals surface area (Å²) in [6, 6.07) is 70.9. The highest BCUT2D eigenvalue weighted by molar-refractivity contribution is 5.93. The molecule has 10 rings (SSSR count). The van der Waals surface area contributed by atoms with Crippen molar-refractivity contribution in [1.29, 1.82) is 0 Å². The molecule has 1 aliphatic rings. The van der Waals surface area contributed by atoms with Gasteiger partial charge in [-0.1, -0.05) is 184 Å². The van der Waals surface area contributed by atoms with Crippen LogP contribution in [0.3, 0.4) is 0 Å². The smallest absolute Gasteiger partial charge is 0.0629 e. The Morgan fingerprint density at radius 2 is 0.804 bits per heavy atom. The Bertz CT molecular complexity index is 2950. The molecule has 0 atom stereocenters. The predicted molar refractivity (Wildman–Crippen MR) is 240 cm³/mol. The van der Waals surface area contributed by atoms with Crippen molar-refractivity contribution in [2.75, 3.05) is 4.90 Å². The summed E-state index contributed by atoms with van der Waals surface area (Å²) < 4.78 is 17.9. The van der Waals surface area contributed by atoms with Gasteiger partial charge in [-0.15, -0.1) is 0 Å². The molecule has 0 unspecified atom stereocenters. The largest absolute Gasteiger partial charge is 0.310 e. The first-order valence-electron chi connectivity index (χ1n) is 20.3. The zero-order chi connectivity index (χ0) is 39.4. The van der Waals surface area contributed by atoms with Crippen LogP contribution < -0.4 is 4.90 Å². The maximum Gasteiger partial charge on any atom is 0.0629 e. The minimum absolute atomic E-state index is 0.0594. The van der Waals surface area contributed by atoms with E-state index in [0.29, 0.717) is 5.56 Å². The molecule has 0 amide bonds. The summed E-state index contributed by atoms with van der Waals surface area (Å²) in [7, 11) is 0. The molecule has 0 saturated heterocycles. The molecule has 0 N–H and O–H groups in total. The van der Waals surface area contributed by atoms with Crippen LogP contribution in [0.15, 0.2) is 200 Å². The third kappa shape index (κ3) is 6.08. The Kier molecular flexibility index (Phi) is 7.69. The monoisotopic (exact) mass is 717 g/mol. The van der Waals surface area contributed by atoms with Crippen molar-refractivity contribution in [1.82, 2.24) is 0 Å². The summed E-state index contributed by atoms with van der Waals surface area (Å²) in [5, 5.41) is 4.83. The zero-order valence-electron chi connectivity index (χ0n) is 33.5. The molecule has 1 aliphatic carbocycles. The van der Waals surface area contributed by atoms with Crippen LogP contribution in [-0.4, -0.2) is 0 Å². The topological polar surface area (TPSA) is 3.24 Å². The Morgan fingerprint density at radius 1 is 0.375 bits per heavy atom. The molecule has 56 heavy (non-hydrogen) atoms. The lowest BCUT2D eigenvalue weighted by Gasteiger charge is -2.26. The van der Waals surface area contributed by atoms with Gasteiger partial charge in [-0.25, -0.2) is 0 Å². The van der Waals surface area contributed by atoms with E-state index < -0.39 is 0 Å². The molecule has 1 heteroatoms. The summed E-state index contributed by atoms with van der Waals surface area (Å²) >= 11 is 0. The van der Waals surface area contributed by atoms with Gasteiger partial charge >= 0.3 is 0 Å². The summed E-state index contributed by atoms with van der Waals surface area (Å²) in [6.07, 6.45) is 0. The highest BCUT2D eigenvalue weighted by atomic mass is 15.1. The van der Waals surface area contributed by atoms with Crippen LogP contribution >= 0.6 is 0 Å². The van der Waals surface area contributed by atoms with Gasteiger partial charge in [-0.05, 0) is 120 Å². The van der Waals surface area contributed by atoms with Crippen LogP contribution in [0.2, 0.25) is 0 Å². The summed E-state index contributed by atoms with van der Waals surface area (Å²) in [4.78, 5) is 2.32. The third-order valence-electron chi connectivity index (χ3n) is 11.5. The van der Waals surface area contributed by atoms with Gasteiger partial charge in [0.05, 0.1) is 2.74 Å². The quantitative estimate of drug-likeness (QED) is 0.148. The van der Waals surface area contributed by atoms with E-state index in [4.69, 9.17) is 2.74 Å². The van der Waals surface area contributed by atoms with Gasteiger partial charge in [0.15, 0.2) is 0 Å². The van der Waals surface area contributed by atoms with Crippen LogP contribution in [0.5, 0.6) is 0 Å². The van der Waals surface area contributed by atoms with Crippen LogP contribution in [0, 0.1) is 0 Å². The van der Waals surface area contributed by atoms with Crippen molar-refractivity contribution < 1.29 is 2.74 Å². The molecular formula is C55H41N. The van der Waals surface area contributed by atoms with Crippen LogP contribution in [0.4, 0.5) is 17.1 Å². The van der Waals surface area contributed by atoms with Gasteiger partial charge in [0.1, 0.15) is 0 Å². The lowest BCUT2D eigenvalue weighted by Crippen LogP contribution is -2.14. The average molecular weight is 718 g/mol. The van der Waals surface area contributed by atoms with E-state index in [2.05, 4.69) is 183 Å². The van der Waals surface area contributed by atoms with E-state index in [-0.39, 0.29) is 17.5 Å². The predicted octanol–water partition coefficient (Wildman–Crippen LogP) is 15.3. The molecule has 0 radical (unpaired) electrons. The van der Waals surface area contributed by atoms with E-state index in [9.17, 15) is 0 Å². The third-order valence-corrected chi connectivity index (χ3v) is 11.5. The molecule has 0 heterocycles. The van der Waals surface area contributed by atoms with Crippen LogP contribution in [0.1, 0.15) is 38.8 Å². The molecule has 0 bridgehead atoms. The minimum atomic E-state index is -0.0594. The lowest BCUT2D eigenvalue weighted by molar-refractivity contribution is 0.660. The highest BCUT2D eigenvalue weighted by Crippen LogP contribution is 2.49. The van der Waals surface area contributed by atoms with Gasteiger partial charge < -0.3 is 4.90 Å². The van der Waals surface area contributed by atoms with E-state index >= 15 is 0 Å². The van der Waals surface area contributed by atoms with Crippen LogP contribution in [-0.2, 0) is 5.41 Å². The summed E-state index contributed by atoms with van der Waals surface area (Å²) in [5.74, 6) is 0. The summed E-state index contributed by atoms with van der Waals surface area (Å²) in [6.45, 7) is 4.60. The second-order valence-corrected chi connectivity index (χ2v) is 15.3. The molecule has 0 aromatic heterocycles. The first-order valence-corrected chi connectivity index (χ1v) is 19.3. The fraction of sp³-hybridized carbons (Fsp3) is 0.0545. The van der Waals surface area contributed by atoms with Crippen molar-refractivity contribution in [2.24, 2.45) is 0 Å². The van der Waals surface area contributed by atoms with Gasteiger partial charge in [-0.3, -0.25) is 0 Å². The second-order valence-electron chi connectivity index (χ2n) is 15.3.